The van der Waals surface area contributed by atoms with E-state index < -0.39 is 0 Å². The minimum Gasteiger partial charge on any atom is -0.469 e. The molecule has 0 atom stereocenters. The van der Waals surface area contributed by atoms with Crippen molar-refractivity contribution in [3.8, 4) is 0 Å². The highest BCUT2D eigenvalue weighted by molar-refractivity contribution is 5.72. The van der Waals surface area contributed by atoms with E-state index in [1.807, 2.05) is 13.0 Å². The standard InChI is InChI=1S/C8H11NO2/c1-6-8(3-4-11-6)5-9-7(2)10/h3-4H,5H2,1-2H3,(H,9,10). The van der Waals surface area contributed by atoms with Crippen molar-refractivity contribution < 1.29 is 9.21 Å². The Balaban J connectivity index is 2.51. The lowest BCUT2D eigenvalue weighted by Crippen LogP contribution is -2.18. The highest BCUT2D eigenvalue weighted by Gasteiger charge is 2.00. The van der Waals surface area contributed by atoms with Gasteiger partial charge in [0.25, 0.3) is 0 Å². The van der Waals surface area contributed by atoms with Crippen molar-refractivity contribution in [3.63, 3.8) is 0 Å². The molecule has 0 spiro atoms. The average Bonchev–Trinajstić information content (AvgIpc) is 2.31. The number of carbonyl (C=O) groups is 1. The van der Waals surface area contributed by atoms with Crippen molar-refractivity contribution in [3.05, 3.63) is 23.7 Å². The van der Waals surface area contributed by atoms with E-state index in [9.17, 15) is 4.79 Å². The summed E-state index contributed by atoms with van der Waals surface area (Å²) in [5, 5.41) is 2.69. The maximum absolute atomic E-state index is 10.5. The second kappa shape index (κ2) is 3.23. The molecule has 0 aliphatic rings. The van der Waals surface area contributed by atoms with Gasteiger partial charge in [-0.1, -0.05) is 0 Å². The molecule has 60 valence electrons. The average molecular weight is 153 g/mol. The third kappa shape index (κ3) is 2.11. The highest BCUT2D eigenvalue weighted by Crippen LogP contribution is 2.07. The first kappa shape index (κ1) is 7.85. The molecule has 1 aromatic heterocycles. The van der Waals surface area contributed by atoms with Crippen molar-refractivity contribution >= 4 is 5.91 Å². The molecule has 0 aliphatic carbocycles. The van der Waals surface area contributed by atoms with E-state index in [0.717, 1.165) is 11.3 Å². The summed E-state index contributed by atoms with van der Waals surface area (Å²) in [6.07, 6.45) is 1.62. The lowest BCUT2D eigenvalue weighted by Gasteiger charge is -1.98. The summed E-state index contributed by atoms with van der Waals surface area (Å²) in [6.45, 7) is 3.92. The molecule has 1 rings (SSSR count). The van der Waals surface area contributed by atoms with Crippen molar-refractivity contribution in [1.29, 1.82) is 0 Å². The minimum absolute atomic E-state index is 0.0226. The van der Waals surface area contributed by atoms with Gasteiger partial charge >= 0.3 is 0 Å². The molecule has 1 amide bonds. The van der Waals surface area contributed by atoms with Crippen LogP contribution in [0.4, 0.5) is 0 Å². The Hall–Kier alpha value is -1.25. The van der Waals surface area contributed by atoms with Crippen molar-refractivity contribution in [2.45, 2.75) is 20.4 Å². The zero-order chi connectivity index (χ0) is 8.27. The molecule has 1 N–H and O–H groups in total. The summed E-state index contributed by atoms with van der Waals surface area (Å²) < 4.78 is 5.05. The highest BCUT2D eigenvalue weighted by atomic mass is 16.3. The van der Waals surface area contributed by atoms with Crippen LogP contribution in [-0.4, -0.2) is 5.91 Å². The zero-order valence-corrected chi connectivity index (χ0v) is 6.68. The van der Waals surface area contributed by atoms with Crippen LogP contribution in [0.15, 0.2) is 16.7 Å². The van der Waals surface area contributed by atoms with Gasteiger partial charge in [-0.3, -0.25) is 4.79 Å². The first-order valence-electron chi connectivity index (χ1n) is 3.47. The van der Waals surface area contributed by atoms with Crippen LogP contribution in [0.1, 0.15) is 18.2 Å². The van der Waals surface area contributed by atoms with E-state index in [1.54, 1.807) is 6.26 Å². The number of furan rings is 1. The molecule has 3 heteroatoms. The summed E-state index contributed by atoms with van der Waals surface area (Å²) in [6, 6.07) is 1.85. The Morgan fingerprint density at radius 1 is 1.73 bits per heavy atom. The van der Waals surface area contributed by atoms with E-state index in [1.165, 1.54) is 6.92 Å². The van der Waals surface area contributed by atoms with E-state index in [4.69, 9.17) is 4.42 Å². The van der Waals surface area contributed by atoms with Crippen LogP contribution < -0.4 is 5.32 Å². The molecule has 0 aliphatic heterocycles. The summed E-state index contributed by atoms with van der Waals surface area (Å²) >= 11 is 0. The SMILES string of the molecule is CC(=O)NCc1ccoc1C. The number of nitrogens with one attached hydrogen (secondary N) is 1. The van der Waals surface area contributed by atoms with Gasteiger partial charge in [0.15, 0.2) is 0 Å². The third-order valence-corrected chi connectivity index (χ3v) is 1.49. The van der Waals surface area contributed by atoms with Gasteiger partial charge in [-0.2, -0.15) is 0 Å². The Morgan fingerprint density at radius 2 is 2.45 bits per heavy atom. The third-order valence-electron chi connectivity index (χ3n) is 1.49. The first-order valence-corrected chi connectivity index (χ1v) is 3.47. The number of aryl methyl sites for hydroxylation is 1. The van der Waals surface area contributed by atoms with Crippen molar-refractivity contribution in [2.24, 2.45) is 0 Å². The fourth-order valence-corrected chi connectivity index (χ4v) is 0.814. The topological polar surface area (TPSA) is 42.2 Å². The number of amides is 1. The van der Waals surface area contributed by atoms with Gasteiger partial charge in [0, 0.05) is 19.0 Å². The van der Waals surface area contributed by atoms with Crippen LogP contribution in [0.3, 0.4) is 0 Å². The smallest absolute Gasteiger partial charge is 0.217 e. The van der Waals surface area contributed by atoms with Gasteiger partial charge in [-0.15, -0.1) is 0 Å². The van der Waals surface area contributed by atoms with Crippen molar-refractivity contribution in [2.75, 3.05) is 0 Å². The van der Waals surface area contributed by atoms with Gasteiger partial charge in [0.05, 0.1) is 6.26 Å². The molecule has 1 heterocycles. The maximum Gasteiger partial charge on any atom is 0.217 e. The molecule has 0 radical (unpaired) electrons. The predicted molar refractivity (Wildman–Crippen MR) is 41.0 cm³/mol. The summed E-state index contributed by atoms with van der Waals surface area (Å²) in [5.74, 6) is 0.837. The van der Waals surface area contributed by atoms with Crippen LogP contribution in [0, 0.1) is 6.92 Å². The monoisotopic (exact) mass is 153 g/mol. The summed E-state index contributed by atoms with van der Waals surface area (Å²) in [4.78, 5) is 10.5. The fourth-order valence-electron chi connectivity index (χ4n) is 0.814. The first-order chi connectivity index (χ1) is 5.20. The second-order valence-electron chi connectivity index (χ2n) is 2.41. The van der Waals surface area contributed by atoms with Crippen LogP contribution >= 0.6 is 0 Å². The van der Waals surface area contributed by atoms with Crippen LogP contribution in [0.2, 0.25) is 0 Å². The van der Waals surface area contributed by atoms with Gasteiger partial charge in [-0.25, -0.2) is 0 Å². The molecule has 0 saturated heterocycles. The lowest BCUT2D eigenvalue weighted by atomic mass is 10.2. The number of carbonyl (C=O) groups excluding carboxylic acids is 1. The molecule has 0 bridgehead atoms. The largest absolute Gasteiger partial charge is 0.469 e. The molecule has 3 nitrogen and oxygen atoms in total. The predicted octanol–water partition coefficient (Wildman–Crippen LogP) is 1.22. The van der Waals surface area contributed by atoms with Crippen LogP contribution in [-0.2, 0) is 11.3 Å². The molecule has 0 saturated carbocycles. The zero-order valence-electron chi connectivity index (χ0n) is 6.68. The summed E-state index contributed by atoms with van der Waals surface area (Å²) in [7, 11) is 0. The van der Waals surface area contributed by atoms with Crippen molar-refractivity contribution in [1.82, 2.24) is 5.32 Å². The second-order valence-corrected chi connectivity index (χ2v) is 2.41. The molecular formula is C8H11NO2. The van der Waals surface area contributed by atoms with Gasteiger partial charge in [-0.05, 0) is 13.0 Å². The number of hydrogen-bond donors (Lipinski definition) is 1. The minimum atomic E-state index is -0.0226. The lowest BCUT2D eigenvalue weighted by molar-refractivity contribution is -0.119. The molecule has 0 unspecified atom stereocenters. The van der Waals surface area contributed by atoms with E-state index in [0.29, 0.717) is 6.54 Å². The maximum atomic E-state index is 10.5. The normalized spacial score (nSPS) is 9.64. The van der Waals surface area contributed by atoms with E-state index in [2.05, 4.69) is 5.32 Å². The Labute approximate surface area is 65.4 Å². The van der Waals surface area contributed by atoms with Crippen LogP contribution in [0.25, 0.3) is 0 Å². The molecule has 11 heavy (non-hydrogen) atoms. The van der Waals surface area contributed by atoms with E-state index >= 15 is 0 Å². The van der Waals surface area contributed by atoms with E-state index in [-0.39, 0.29) is 5.91 Å². The molecule has 0 aromatic carbocycles. The van der Waals surface area contributed by atoms with Gasteiger partial charge in [0.2, 0.25) is 5.91 Å². The van der Waals surface area contributed by atoms with Gasteiger partial charge < -0.3 is 9.73 Å². The quantitative estimate of drug-likeness (QED) is 0.694. The Morgan fingerprint density at radius 3 is 2.91 bits per heavy atom. The number of rotatable bonds is 2. The Kier molecular flexibility index (Phi) is 2.31. The molecule has 0 fully saturated rings. The van der Waals surface area contributed by atoms with Crippen LogP contribution in [0.5, 0.6) is 0 Å². The summed E-state index contributed by atoms with van der Waals surface area (Å²) in [5.41, 5.74) is 1.03. The number of hydrogen-bond acceptors (Lipinski definition) is 2. The Bertz CT molecular complexity index is 252. The molecular weight excluding hydrogens is 142 g/mol. The molecule has 1 aromatic rings. The fraction of sp³-hybridized carbons (Fsp3) is 0.375. The van der Waals surface area contributed by atoms with Gasteiger partial charge in [0.1, 0.15) is 5.76 Å².